The molecular formula is C16H19FN2O2. The van der Waals surface area contributed by atoms with Gasteiger partial charge in [0.05, 0.1) is 20.3 Å². The fourth-order valence-electron chi connectivity index (χ4n) is 2.27. The maximum absolute atomic E-state index is 14.3. The van der Waals surface area contributed by atoms with Gasteiger partial charge in [-0.2, -0.15) is 0 Å². The monoisotopic (exact) mass is 290 g/mol. The number of hydrogen-bond donors (Lipinski definition) is 2. The first-order chi connectivity index (χ1) is 10.1. The Morgan fingerprint density at radius 2 is 1.76 bits per heavy atom. The van der Waals surface area contributed by atoms with E-state index in [1.807, 2.05) is 25.1 Å². The Kier molecular flexibility index (Phi) is 4.77. The van der Waals surface area contributed by atoms with E-state index in [0.717, 1.165) is 11.1 Å². The molecule has 5 heteroatoms. The van der Waals surface area contributed by atoms with E-state index in [1.165, 1.54) is 13.2 Å². The van der Waals surface area contributed by atoms with Crippen LogP contribution in [0.5, 0.6) is 11.5 Å². The molecule has 2 rings (SSSR count). The summed E-state index contributed by atoms with van der Waals surface area (Å²) in [7, 11) is 3.08. The van der Waals surface area contributed by atoms with Crippen molar-refractivity contribution in [1.82, 2.24) is 5.43 Å². The van der Waals surface area contributed by atoms with E-state index in [4.69, 9.17) is 15.3 Å². The lowest BCUT2D eigenvalue weighted by Crippen LogP contribution is -2.29. The first kappa shape index (κ1) is 15.3. The summed E-state index contributed by atoms with van der Waals surface area (Å²) in [6.45, 7) is 1.96. The van der Waals surface area contributed by atoms with Crippen molar-refractivity contribution < 1.29 is 13.9 Å². The van der Waals surface area contributed by atoms with Gasteiger partial charge >= 0.3 is 0 Å². The summed E-state index contributed by atoms with van der Waals surface area (Å²) in [6.07, 6.45) is 0. The van der Waals surface area contributed by atoms with Crippen molar-refractivity contribution in [2.75, 3.05) is 14.2 Å². The highest BCUT2D eigenvalue weighted by Gasteiger charge is 2.20. The lowest BCUT2D eigenvalue weighted by molar-refractivity contribution is 0.401. The highest BCUT2D eigenvalue weighted by Crippen LogP contribution is 2.32. The summed E-state index contributed by atoms with van der Waals surface area (Å²) >= 11 is 0. The third-order valence-electron chi connectivity index (χ3n) is 3.39. The molecule has 0 aliphatic rings. The molecule has 0 radical (unpaired) electrons. The zero-order valence-electron chi connectivity index (χ0n) is 12.3. The van der Waals surface area contributed by atoms with E-state index in [9.17, 15) is 4.39 Å². The van der Waals surface area contributed by atoms with Crippen molar-refractivity contribution in [3.05, 3.63) is 58.9 Å². The third kappa shape index (κ3) is 3.15. The Morgan fingerprint density at radius 1 is 1.05 bits per heavy atom. The molecule has 0 aromatic heterocycles. The van der Waals surface area contributed by atoms with Gasteiger partial charge in [-0.15, -0.1) is 0 Å². The van der Waals surface area contributed by atoms with Crippen molar-refractivity contribution in [3.8, 4) is 11.5 Å². The number of nitrogens with two attached hydrogens (primary N) is 1. The predicted molar refractivity (Wildman–Crippen MR) is 79.8 cm³/mol. The van der Waals surface area contributed by atoms with Crippen LogP contribution in [0.2, 0.25) is 0 Å². The number of hydrogen-bond acceptors (Lipinski definition) is 4. The van der Waals surface area contributed by atoms with Crippen molar-refractivity contribution >= 4 is 0 Å². The van der Waals surface area contributed by atoms with Gasteiger partial charge in [0.15, 0.2) is 0 Å². The number of rotatable bonds is 5. The van der Waals surface area contributed by atoms with Crippen LogP contribution >= 0.6 is 0 Å². The Labute approximate surface area is 123 Å². The summed E-state index contributed by atoms with van der Waals surface area (Å²) in [5, 5.41) is 0. The molecule has 0 saturated heterocycles. The maximum Gasteiger partial charge on any atom is 0.132 e. The Morgan fingerprint density at radius 3 is 2.33 bits per heavy atom. The van der Waals surface area contributed by atoms with Crippen LogP contribution in [0.15, 0.2) is 36.4 Å². The SMILES string of the molecule is COc1ccc(C(NN)c2ccc(C)cc2OC)c(F)c1. The molecule has 2 aromatic rings. The molecular weight excluding hydrogens is 271 g/mol. The van der Waals surface area contributed by atoms with E-state index < -0.39 is 6.04 Å². The molecule has 0 bridgehead atoms. The molecule has 112 valence electrons. The number of ether oxygens (including phenoxy) is 2. The van der Waals surface area contributed by atoms with E-state index in [0.29, 0.717) is 17.1 Å². The minimum atomic E-state index is -0.508. The van der Waals surface area contributed by atoms with Crippen LogP contribution < -0.4 is 20.7 Å². The van der Waals surface area contributed by atoms with E-state index >= 15 is 0 Å². The fourth-order valence-corrected chi connectivity index (χ4v) is 2.27. The van der Waals surface area contributed by atoms with Crippen molar-refractivity contribution in [3.63, 3.8) is 0 Å². The van der Waals surface area contributed by atoms with Gasteiger partial charge in [-0.1, -0.05) is 18.2 Å². The van der Waals surface area contributed by atoms with Crippen LogP contribution in [0.4, 0.5) is 4.39 Å². The molecule has 0 spiro atoms. The van der Waals surface area contributed by atoms with Gasteiger partial charge in [-0.05, 0) is 24.6 Å². The van der Waals surface area contributed by atoms with Crippen LogP contribution in [-0.4, -0.2) is 14.2 Å². The Bertz CT molecular complexity index is 632. The van der Waals surface area contributed by atoms with Gasteiger partial charge in [0.25, 0.3) is 0 Å². The largest absolute Gasteiger partial charge is 0.497 e. The van der Waals surface area contributed by atoms with E-state index in [2.05, 4.69) is 5.43 Å². The highest BCUT2D eigenvalue weighted by atomic mass is 19.1. The fraction of sp³-hybridized carbons (Fsp3) is 0.250. The second-order valence-corrected chi connectivity index (χ2v) is 4.73. The second-order valence-electron chi connectivity index (χ2n) is 4.73. The standard InChI is InChI=1S/C16H19FN2O2/c1-10-4-6-13(15(8-10)21-3)16(19-18)12-7-5-11(20-2)9-14(12)17/h4-9,16,19H,18H2,1-3H3. The third-order valence-corrected chi connectivity index (χ3v) is 3.39. The molecule has 0 fully saturated rings. The molecule has 0 saturated carbocycles. The summed E-state index contributed by atoms with van der Waals surface area (Å²) in [5.41, 5.74) is 4.91. The van der Waals surface area contributed by atoms with Crippen molar-refractivity contribution in [1.29, 1.82) is 0 Å². The quantitative estimate of drug-likeness (QED) is 0.656. The highest BCUT2D eigenvalue weighted by molar-refractivity contribution is 5.45. The summed E-state index contributed by atoms with van der Waals surface area (Å²) in [5.74, 6) is 6.37. The Hall–Kier alpha value is -2.11. The molecule has 4 nitrogen and oxygen atoms in total. The topological polar surface area (TPSA) is 56.5 Å². The van der Waals surface area contributed by atoms with Crippen LogP contribution in [0.3, 0.4) is 0 Å². The lowest BCUT2D eigenvalue weighted by atomic mass is 9.96. The Balaban J connectivity index is 2.49. The van der Waals surface area contributed by atoms with Crippen LogP contribution in [0, 0.1) is 12.7 Å². The van der Waals surface area contributed by atoms with E-state index in [1.54, 1.807) is 19.2 Å². The molecule has 21 heavy (non-hydrogen) atoms. The van der Waals surface area contributed by atoms with Crippen LogP contribution in [-0.2, 0) is 0 Å². The van der Waals surface area contributed by atoms with Gasteiger partial charge in [0.2, 0.25) is 0 Å². The number of aryl methyl sites for hydroxylation is 1. The zero-order valence-corrected chi connectivity index (χ0v) is 12.3. The van der Waals surface area contributed by atoms with Crippen LogP contribution in [0.25, 0.3) is 0 Å². The number of halogens is 1. The molecule has 0 aliphatic carbocycles. The number of hydrazine groups is 1. The summed E-state index contributed by atoms with van der Waals surface area (Å²) < 4.78 is 24.6. The first-order valence-corrected chi connectivity index (χ1v) is 6.54. The van der Waals surface area contributed by atoms with E-state index in [-0.39, 0.29) is 5.82 Å². The first-order valence-electron chi connectivity index (χ1n) is 6.54. The van der Waals surface area contributed by atoms with Gasteiger partial charge in [-0.3, -0.25) is 5.84 Å². The van der Waals surface area contributed by atoms with Gasteiger partial charge in [0, 0.05) is 17.2 Å². The zero-order chi connectivity index (χ0) is 15.4. The molecule has 0 amide bonds. The summed E-state index contributed by atoms with van der Waals surface area (Å²) in [4.78, 5) is 0. The average molecular weight is 290 g/mol. The molecule has 0 heterocycles. The number of methoxy groups -OCH3 is 2. The molecule has 2 aromatic carbocycles. The van der Waals surface area contributed by atoms with Crippen LogP contribution in [0.1, 0.15) is 22.7 Å². The lowest BCUT2D eigenvalue weighted by Gasteiger charge is -2.20. The van der Waals surface area contributed by atoms with Crippen molar-refractivity contribution in [2.24, 2.45) is 5.84 Å². The molecule has 1 atom stereocenters. The van der Waals surface area contributed by atoms with Crippen molar-refractivity contribution in [2.45, 2.75) is 13.0 Å². The number of nitrogens with one attached hydrogen (secondary N) is 1. The minimum Gasteiger partial charge on any atom is -0.497 e. The predicted octanol–water partition coefficient (Wildman–Crippen LogP) is 2.70. The minimum absolute atomic E-state index is 0.389. The maximum atomic E-state index is 14.3. The van der Waals surface area contributed by atoms with Gasteiger partial charge in [0.1, 0.15) is 17.3 Å². The smallest absolute Gasteiger partial charge is 0.132 e. The van der Waals surface area contributed by atoms with Gasteiger partial charge in [-0.25, -0.2) is 9.82 Å². The summed E-state index contributed by atoms with van der Waals surface area (Å²) in [6, 6.07) is 9.88. The average Bonchev–Trinajstić information content (AvgIpc) is 2.50. The number of benzene rings is 2. The molecule has 0 aliphatic heterocycles. The second kappa shape index (κ2) is 6.56. The van der Waals surface area contributed by atoms with Gasteiger partial charge < -0.3 is 9.47 Å². The molecule has 3 N–H and O–H groups in total. The molecule has 1 unspecified atom stereocenters. The normalized spacial score (nSPS) is 12.0.